The number of carbonyl (C=O) groups is 2. The SMILES string of the molecule is Cc1ccc(C)c(SCC(=O)Nc2c(C(N)=O)n[nH]c2C)c1. The van der Waals surface area contributed by atoms with Gasteiger partial charge in [0.2, 0.25) is 5.91 Å². The fraction of sp³-hybridized carbons (Fsp3) is 0.267. The first kappa shape index (κ1) is 16.1. The lowest BCUT2D eigenvalue weighted by atomic mass is 10.2. The van der Waals surface area contributed by atoms with E-state index in [2.05, 4.69) is 15.5 Å². The largest absolute Gasteiger partial charge is 0.364 e. The molecule has 1 aromatic heterocycles. The second-order valence-electron chi connectivity index (χ2n) is 5.04. The van der Waals surface area contributed by atoms with Gasteiger partial charge in [0.25, 0.3) is 5.91 Å². The van der Waals surface area contributed by atoms with Crippen LogP contribution in [0.3, 0.4) is 0 Å². The van der Waals surface area contributed by atoms with Crippen molar-refractivity contribution in [2.75, 3.05) is 11.1 Å². The van der Waals surface area contributed by atoms with E-state index in [1.807, 2.05) is 32.0 Å². The normalized spacial score (nSPS) is 10.5. The van der Waals surface area contributed by atoms with Crippen molar-refractivity contribution in [1.29, 1.82) is 0 Å². The summed E-state index contributed by atoms with van der Waals surface area (Å²) in [6.45, 7) is 5.73. The van der Waals surface area contributed by atoms with Gasteiger partial charge in [-0.3, -0.25) is 14.7 Å². The van der Waals surface area contributed by atoms with Crippen LogP contribution in [0.1, 0.15) is 27.3 Å². The van der Waals surface area contributed by atoms with E-state index in [1.165, 1.54) is 11.8 Å². The van der Waals surface area contributed by atoms with Gasteiger partial charge >= 0.3 is 0 Å². The lowest BCUT2D eigenvalue weighted by Crippen LogP contribution is -2.19. The Hall–Kier alpha value is -2.28. The summed E-state index contributed by atoms with van der Waals surface area (Å²) in [5, 5.41) is 9.12. The van der Waals surface area contributed by atoms with E-state index in [1.54, 1.807) is 6.92 Å². The predicted molar refractivity (Wildman–Crippen MR) is 87.1 cm³/mol. The number of benzene rings is 1. The molecule has 1 aromatic carbocycles. The third-order valence-electron chi connectivity index (χ3n) is 3.15. The number of nitrogens with one attached hydrogen (secondary N) is 2. The van der Waals surface area contributed by atoms with Gasteiger partial charge in [-0.1, -0.05) is 17.7 Å². The van der Waals surface area contributed by atoms with E-state index in [0.29, 0.717) is 11.4 Å². The van der Waals surface area contributed by atoms with Gasteiger partial charge in [-0.2, -0.15) is 5.10 Å². The maximum atomic E-state index is 12.1. The number of aromatic amines is 1. The van der Waals surface area contributed by atoms with Gasteiger partial charge in [-0.25, -0.2) is 0 Å². The molecule has 6 nitrogen and oxygen atoms in total. The summed E-state index contributed by atoms with van der Waals surface area (Å²) in [7, 11) is 0. The summed E-state index contributed by atoms with van der Waals surface area (Å²) in [4.78, 5) is 24.4. The number of hydrogen-bond donors (Lipinski definition) is 3. The average Bonchev–Trinajstić information content (AvgIpc) is 2.81. The highest BCUT2D eigenvalue weighted by Crippen LogP contribution is 2.24. The number of thioether (sulfide) groups is 1. The zero-order chi connectivity index (χ0) is 16.3. The summed E-state index contributed by atoms with van der Waals surface area (Å²) in [6, 6.07) is 6.11. The highest BCUT2D eigenvalue weighted by Gasteiger charge is 2.17. The molecule has 0 saturated carbocycles. The van der Waals surface area contributed by atoms with E-state index in [4.69, 9.17) is 5.73 Å². The zero-order valence-electron chi connectivity index (χ0n) is 12.7. The Morgan fingerprint density at radius 1 is 1.32 bits per heavy atom. The third kappa shape index (κ3) is 3.67. The fourth-order valence-electron chi connectivity index (χ4n) is 1.94. The summed E-state index contributed by atoms with van der Waals surface area (Å²) < 4.78 is 0. The molecule has 0 spiro atoms. The minimum absolute atomic E-state index is 0.0441. The number of aryl methyl sites for hydroxylation is 3. The van der Waals surface area contributed by atoms with Crippen LogP contribution in [0.25, 0.3) is 0 Å². The summed E-state index contributed by atoms with van der Waals surface area (Å²) in [6.07, 6.45) is 0. The molecular formula is C15H18N4O2S. The Balaban J connectivity index is 2.03. The summed E-state index contributed by atoms with van der Waals surface area (Å²) in [5.74, 6) is -0.646. The van der Waals surface area contributed by atoms with Gasteiger partial charge in [0.05, 0.1) is 17.1 Å². The maximum Gasteiger partial charge on any atom is 0.271 e. The van der Waals surface area contributed by atoms with E-state index in [9.17, 15) is 9.59 Å². The number of carbonyl (C=O) groups excluding carboxylic acids is 2. The number of primary amides is 1. The molecule has 0 aliphatic heterocycles. The lowest BCUT2D eigenvalue weighted by Gasteiger charge is -2.08. The van der Waals surface area contributed by atoms with E-state index in [-0.39, 0.29) is 17.4 Å². The van der Waals surface area contributed by atoms with Crippen molar-refractivity contribution in [2.24, 2.45) is 5.73 Å². The van der Waals surface area contributed by atoms with Crippen LogP contribution in [0.5, 0.6) is 0 Å². The second kappa shape index (κ2) is 6.65. The molecule has 0 radical (unpaired) electrons. The third-order valence-corrected chi connectivity index (χ3v) is 4.30. The number of nitrogens with zero attached hydrogens (tertiary/aromatic N) is 1. The molecule has 0 fully saturated rings. The Labute approximate surface area is 132 Å². The molecular weight excluding hydrogens is 300 g/mol. The van der Waals surface area contributed by atoms with Crippen LogP contribution in [0, 0.1) is 20.8 Å². The Kier molecular flexibility index (Phi) is 4.87. The maximum absolute atomic E-state index is 12.1. The van der Waals surface area contributed by atoms with Gasteiger partial charge in [-0.05, 0) is 32.4 Å². The van der Waals surface area contributed by atoms with E-state index >= 15 is 0 Å². The quantitative estimate of drug-likeness (QED) is 0.735. The molecule has 7 heteroatoms. The van der Waals surface area contributed by atoms with E-state index < -0.39 is 5.91 Å². The van der Waals surface area contributed by atoms with Crippen LogP contribution >= 0.6 is 11.8 Å². The zero-order valence-corrected chi connectivity index (χ0v) is 13.5. The van der Waals surface area contributed by atoms with Gasteiger partial charge < -0.3 is 11.1 Å². The van der Waals surface area contributed by atoms with Crippen LogP contribution in [-0.2, 0) is 4.79 Å². The Morgan fingerprint density at radius 3 is 2.73 bits per heavy atom. The minimum Gasteiger partial charge on any atom is -0.364 e. The van der Waals surface area contributed by atoms with Crippen molar-refractivity contribution >= 4 is 29.3 Å². The van der Waals surface area contributed by atoms with Crippen molar-refractivity contribution in [1.82, 2.24) is 10.2 Å². The monoisotopic (exact) mass is 318 g/mol. The molecule has 0 bridgehead atoms. The average molecular weight is 318 g/mol. The first-order valence-corrected chi connectivity index (χ1v) is 7.71. The molecule has 2 aromatic rings. The number of amides is 2. The minimum atomic E-state index is -0.679. The Bertz CT molecular complexity index is 724. The molecule has 0 aliphatic rings. The molecule has 0 aliphatic carbocycles. The summed E-state index contributed by atoms with van der Waals surface area (Å²) in [5.41, 5.74) is 8.49. The van der Waals surface area contributed by atoms with Crippen LogP contribution in [0.2, 0.25) is 0 Å². The number of nitrogens with two attached hydrogens (primary N) is 1. The van der Waals surface area contributed by atoms with Crippen LogP contribution in [0.4, 0.5) is 5.69 Å². The number of hydrogen-bond acceptors (Lipinski definition) is 4. The number of rotatable bonds is 5. The van der Waals surface area contributed by atoms with Crippen molar-refractivity contribution in [3.63, 3.8) is 0 Å². The topological polar surface area (TPSA) is 101 Å². The van der Waals surface area contributed by atoms with Gasteiger partial charge in [-0.15, -0.1) is 11.8 Å². The molecule has 2 rings (SSSR count). The predicted octanol–water partition coefficient (Wildman–Crippen LogP) is 2.16. The number of H-pyrrole nitrogens is 1. The first-order chi connectivity index (χ1) is 10.4. The second-order valence-corrected chi connectivity index (χ2v) is 6.06. The molecule has 1 heterocycles. The summed E-state index contributed by atoms with van der Waals surface area (Å²) >= 11 is 1.45. The van der Waals surface area contributed by atoms with Gasteiger partial charge in [0.1, 0.15) is 0 Å². The molecule has 4 N–H and O–H groups in total. The molecule has 0 saturated heterocycles. The first-order valence-electron chi connectivity index (χ1n) is 6.73. The van der Waals surface area contributed by atoms with Crippen molar-refractivity contribution < 1.29 is 9.59 Å². The fourth-order valence-corrected chi connectivity index (χ4v) is 2.87. The van der Waals surface area contributed by atoms with Crippen LogP contribution in [-0.4, -0.2) is 27.8 Å². The van der Waals surface area contributed by atoms with Crippen LogP contribution < -0.4 is 11.1 Å². The Morgan fingerprint density at radius 2 is 2.05 bits per heavy atom. The van der Waals surface area contributed by atoms with Crippen molar-refractivity contribution in [2.45, 2.75) is 25.7 Å². The smallest absolute Gasteiger partial charge is 0.271 e. The molecule has 0 unspecified atom stereocenters. The van der Waals surface area contributed by atoms with Crippen molar-refractivity contribution in [3.8, 4) is 0 Å². The van der Waals surface area contributed by atoms with Crippen LogP contribution in [0.15, 0.2) is 23.1 Å². The molecule has 22 heavy (non-hydrogen) atoms. The molecule has 116 valence electrons. The van der Waals surface area contributed by atoms with E-state index in [0.717, 1.165) is 16.0 Å². The standard InChI is InChI=1S/C15H18N4O2S/c1-8-4-5-9(2)11(6-8)22-7-12(20)17-13-10(3)18-19-14(13)15(16)21/h4-6H,7H2,1-3H3,(H2,16,21)(H,17,20)(H,18,19). The van der Waals surface area contributed by atoms with Gasteiger partial charge in [0.15, 0.2) is 5.69 Å². The number of anilines is 1. The van der Waals surface area contributed by atoms with Gasteiger partial charge in [0, 0.05) is 4.90 Å². The lowest BCUT2D eigenvalue weighted by molar-refractivity contribution is -0.113. The molecule has 0 atom stereocenters. The highest BCUT2D eigenvalue weighted by molar-refractivity contribution is 8.00. The number of aromatic nitrogens is 2. The highest BCUT2D eigenvalue weighted by atomic mass is 32.2. The van der Waals surface area contributed by atoms with Crippen molar-refractivity contribution in [3.05, 3.63) is 40.7 Å². The molecule has 2 amide bonds.